The number of amides is 2. The summed E-state index contributed by atoms with van der Waals surface area (Å²) in [6.07, 6.45) is 1.27. The highest BCUT2D eigenvalue weighted by molar-refractivity contribution is 6.36. The van der Waals surface area contributed by atoms with E-state index < -0.39 is 22.8 Å². The Balaban J connectivity index is 1.66. The molecule has 1 unspecified atom stereocenters. The number of nitrogens with one attached hydrogen (secondary N) is 2. The smallest absolute Gasteiger partial charge is 0.311 e. The highest BCUT2D eigenvalue weighted by Gasteiger charge is 2.25. The van der Waals surface area contributed by atoms with E-state index >= 15 is 0 Å². The lowest BCUT2D eigenvalue weighted by Gasteiger charge is -2.20. The third-order valence-corrected chi connectivity index (χ3v) is 5.76. The van der Waals surface area contributed by atoms with Crippen LogP contribution in [0, 0.1) is 16.0 Å². The summed E-state index contributed by atoms with van der Waals surface area (Å²) < 4.78 is 5.62. The Bertz CT molecular complexity index is 1320. The lowest BCUT2D eigenvalue weighted by atomic mass is 10.0. The van der Waals surface area contributed by atoms with Gasteiger partial charge in [0.15, 0.2) is 5.75 Å². The Kier molecular flexibility index (Phi) is 9.59. The second-order valence-electron chi connectivity index (χ2n) is 8.31. The van der Waals surface area contributed by atoms with E-state index in [-0.39, 0.29) is 34.5 Å². The SMILES string of the molecule is CC(C)C(NC(=O)c1ccc(Cl)cc1Cl)C(=O)N/N=C\c1ccc(OCc2ccccc2)c([N+](=O)[O-])c1. The average molecular weight is 543 g/mol. The number of nitro benzene ring substituents is 1. The number of carbonyl (C=O) groups excluding carboxylic acids is 2. The van der Waals surface area contributed by atoms with Crippen molar-refractivity contribution >= 4 is 46.9 Å². The summed E-state index contributed by atoms with van der Waals surface area (Å²) in [5.74, 6) is -1.27. The fourth-order valence-corrected chi connectivity index (χ4v) is 3.78. The van der Waals surface area contributed by atoms with Crippen LogP contribution in [0.25, 0.3) is 0 Å². The van der Waals surface area contributed by atoms with Crippen molar-refractivity contribution in [3.8, 4) is 5.75 Å². The van der Waals surface area contributed by atoms with E-state index in [0.29, 0.717) is 10.6 Å². The Morgan fingerprint density at radius 2 is 1.81 bits per heavy atom. The van der Waals surface area contributed by atoms with Gasteiger partial charge in [-0.1, -0.05) is 67.4 Å². The fourth-order valence-electron chi connectivity index (χ4n) is 3.28. The molecule has 37 heavy (non-hydrogen) atoms. The highest BCUT2D eigenvalue weighted by Crippen LogP contribution is 2.28. The molecule has 0 aromatic heterocycles. The van der Waals surface area contributed by atoms with Crippen LogP contribution in [-0.4, -0.2) is 29.0 Å². The lowest BCUT2D eigenvalue weighted by Crippen LogP contribution is -2.48. The number of ether oxygens (including phenoxy) is 1. The molecule has 2 amide bonds. The first-order chi connectivity index (χ1) is 17.7. The van der Waals surface area contributed by atoms with E-state index in [1.807, 2.05) is 30.3 Å². The van der Waals surface area contributed by atoms with Gasteiger partial charge in [0.2, 0.25) is 0 Å². The van der Waals surface area contributed by atoms with Crippen molar-refractivity contribution in [2.75, 3.05) is 0 Å². The van der Waals surface area contributed by atoms with Gasteiger partial charge in [-0.25, -0.2) is 5.43 Å². The molecule has 0 fully saturated rings. The summed E-state index contributed by atoms with van der Waals surface area (Å²) in [7, 11) is 0. The first kappa shape index (κ1) is 27.6. The number of carbonyl (C=O) groups is 2. The van der Waals surface area contributed by atoms with Crippen molar-refractivity contribution in [1.29, 1.82) is 0 Å². The van der Waals surface area contributed by atoms with Gasteiger partial charge in [-0.2, -0.15) is 5.10 Å². The van der Waals surface area contributed by atoms with Crippen molar-refractivity contribution in [2.45, 2.75) is 26.5 Å². The van der Waals surface area contributed by atoms with Gasteiger partial charge in [0.25, 0.3) is 11.8 Å². The number of hydrogen-bond acceptors (Lipinski definition) is 6. The standard InChI is InChI=1S/C26H24Cl2N4O5/c1-16(2)24(30-25(33)20-10-9-19(27)13-21(20)28)26(34)31-29-14-18-8-11-23(22(12-18)32(35)36)37-15-17-6-4-3-5-7-17/h3-14,16,24H,15H2,1-2H3,(H,30,33)(H,31,34)/b29-14-. The van der Waals surface area contributed by atoms with Crippen molar-refractivity contribution in [3.63, 3.8) is 0 Å². The van der Waals surface area contributed by atoms with Crippen LogP contribution in [0.1, 0.15) is 35.3 Å². The Labute approximate surface area is 223 Å². The van der Waals surface area contributed by atoms with E-state index in [1.54, 1.807) is 19.9 Å². The summed E-state index contributed by atoms with van der Waals surface area (Å²) in [4.78, 5) is 36.3. The molecule has 0 spiro atoms. The molecule has 11 heteroatoms. The molecule has 0 aliphatic carbocycles. The summed E-state index contributed by atoms with van der Waals surface area (Å²) in [6, 6.07) is 17.1. The first-order valence-electron chi connectivity index (χ1n) is 11.2. The van der Waals surface area contributed by atoms with E-state index in [1.165, 1.54) is 36.5 Å². The summed E-state index contributed by atoms with van der Waals surface area (Å²) in [5.41, 5.74) is 3.54. The zero-order valence-corrected chi connectivity index (χ0v) is 21.5. The second-order valence-corrected chi connectivity index (χ2v) is 9.16. The Morgan fingerprint density at radius 3 is 2.46 bits per heavy atom. The van der Waals surface area contributed by atoms with Gasteiger partial charge in [0, 0.05) is 16.7 Å². The minimum absolute atomic E-state index is 0.110. The van der Waals surface area contributed by atoms with E-state index in [2.05, 4.69) is 15.8 Å². The molecule has 0 saturated heterocycles. The minimum Gasteiger partial charge on any atom is -0.482 e. The monoisotopic (exact) mass is 542 g/mol. The third kappa shape index (κ3) is 7.77. The molecule has 0 aliphatic rings. The normalized spacial score (nSPS) is 11.8. The number of nitro groups is 1. The number of benzene rings is 3. The molecule has 0 heterocycles. The predicted molar refractivity (Wildman–Crippen MR) is 142 cm³/mol. The fraction of sp³-hybridized carbons (Fsp3) is 0.192. The molecule has 9 nitrogen and oxygen atoms in total. The molecule has 3 rings (SSSR count). The van der Waals surface area contributed by atoms with Crippen molar-refractivity contribution in [3.05, 3.63) is 104 Å². The number of hydrogen-bond donors (Lipinski definition) is 2. The maximum atomic E-state index is 12.7. The summed E-state index contributed by atoms with van der Waals surface area (Å²) in [5, 5.41) is 18.6. The molecule has 192 valence electrons. The van der Waals surface area contributed by atoms with Gasteiger partial charge in [-0.15, -0.1) is 0 Å². The summed E-state index contributed by atoms with van der Waals surface area (Å²) in [6.45, 7) is 3.69. The van der Waals surface area contributed by atoms with E-state index in [9.17, 15) is 19.7 Å². The average Bonchev–Trinajstić information content (AvgIpc) is 2.86. The maximum absolute atomic E-state index is 12.7. The number of hydrazone groups is 1. The van der Waals surface area contributed by atoms with Crippen LogP contribution in [0.4, 0.5) is 5.69 Å². The van der Waals surface area contributed by atoms with Crippen molar-refractivity contribution in [2.24, 2.45) is 11.0 Å². The number of rotatable bonds is 10. The van der Waals surface area contributed by atoms with Crippen LogP contribution < -0.4 is 15.5 Å². The molecule has 0 radical (unpaired) electrons. The topological polar surface area (TPSA) is 123 Å². The van der Waals surface area contributed by atoms with Crippen molar-refractivity contribution < 1.29 is 19.2 Å². The van der Waals surface area contributed by atoms with Crippen LogP contribution in [0.3, 0.4) is 0 Å². The summed E-state index contributed by atoms with van der Waals surface area (Å²) >= 11 is 12.0. The lowest BCUT2D eigenvalue weighted by molar-refractivity contribution is -0.385. The van der Waals surface area contributed by atoms with Gasteiger partial charge >= 0.3 is 5.69 Å². The molecule has 0 bridgehead atoms. The molecule has 3 aromatic carbocycles. The number of nitrogens with zero attached hydrogens (tertiary/aromatic N) is 2. The number of halogens is 2. The zero-order valence-electron chi connectivity index (χ0n) is 20.0. The van der Waals surface area contributed by atoms with Crippen LogP contribution in [0.5, 0.6) is 5.75 Å². The van der Waals surface area contributed by atoms with Crippen LogP contribution in [0.15, 0.2) is 71.8 Å². The third-order valence-electron chi connectivity index (χ3n) is 5.22. The quantitative estimate of drug-likeness (QED) is 0.202. The molecule has 1 atom stereocenters. The maximum Gasteiger partial charge on any atom is 0.311 e. The zero-order chi connectivity index (χ0) is 26.9. The van der Waals surface area contributed by atoms with Crippen LogP contribution in [-0.2, 0) is 11.4 Å². The Morgan fingerprint density at radius 1 is 1.08 bits per heavy atom. The molecule has 3 aromatic rings. The molecule has 0 saturated carbocycles. The van der Waals surface area contributed by atoms with Crippen molar-refractivity contribution in [1.82, 2.24) is 10.7 Å². The predicted octanol–water partition coefficient (Wildman–Crippen LogP) is 5.39. The minimum atomic E-state index is -0.917. The molecule has 2 N–H and O–H groups in total. The largest absolute Gasteiger partial charge is 0.482 e. The van der Waals surface area contributed by atoms with Gasteiger partial charge in [0.1, 0.15) is 12.6 Å². The first-order valence-corrected chi connectivity index (χ1v) is 11.9. The van der Waals surface area contributed by atoms with Crippen LogP contribution >= 0.6 is 23.2 Å². The van der Waals surface area contributed by atoms with E-state index in [4.69, 9.17) is 27.9 Å². The van der Waals surface area contributed by atoms with Crippen LogP contribution in [0.2, 0.25) is 10.0 Å². The molecular formula is C26H24Cl2N4O5. The van der Waals surface area contributed by atoms with Gasteiger partial charge in [0.05, 0.1) is 21.7 Å². The van der Waals surface area contributed by atoms with Gasteiger partial charge < -0.3 is 10.1 Å². The van der Waals surface area contributed by atoms with Gasteiger partial charge in [-0.3, -0.25) is 19.7 Å². The van der Waals surface area contributed by atoms with E-state index in [0.717, 1.165) is 5.56 Å². The molecular weight excluding hydrogens is 519 g/mol. The Hall–Kier alpha value is -3.95. The second kappa shape index (κ2) is 12.8. The highest BCUT2D eigenvalue weighted by atomic mass is 35.5. The van der Waals surface area contributed by atoms with Gasteiger partial charge in [-0.05, 0) is 41.8 Å². The molecule has 0 aliphatic heterocycles.